The third kappa shape index (κ3) is 4.93. The van der Waals surface area contributed by atoms with Gasteiger partial charge in [0.25, 0.3) is 5.91 Å². The van der Waals surface area contributed by atoms with Gasteiger partial charge in [0.05, 0.1) is 5.92 Å². The molecule has 0 unspecified atom stereocenters. The molecule has 2 fully saturated rings. The van der Waals surface area contributed by atoms with E-state index in [1.54, 1.807) is 6.20 Å². The average molecular weight is 456 g/mol. The molecule has 2 aromatic carbocycles. The van der Waals surface area contributed by atoms with Crippen LogP contribution >= 0.6 is 0 Å². The van der Waals surface area contributed by atoms with Gasteiger partial charge in [0.2, 0.25) is 5.91 Å². The molecule has 3 aromatic rings. The molecule has 1 aromatic heterocycles. The summed E-state index contributed by atoms with van der Waals surface area (Å²) in [5.74, 6) is 1.35. The standard InChI is InChI=1S/C27H29N5O2/c33-26(23-14-18-32(19-23)25-7-4-15-28-30-25)29-24-10-8-20(9-11-24)21-12-16-31(17-13-21)27(34)22-5-2-1-3-6-22/h1-11,15,21,23H,12-14,16-19H2,(H,29,33)/t23-/m1/s1. The molecule has 174 valence electrons. The molecule has 0 spiro atoms. The molecule has 1 N–H and O–H groups in total. The van der Waals surface area contributed by atoms with Crippen molar-refractivity contribution in [2.75, 3.05) is 36.4 Å². The summed E-state index contributed by atoms with van der Waals surface area (Å²) in [6, 6.07) is 21.5. The number of benzene rings is 2. The van der Waals surface area contributed by atoms with Crippen molar-refractivity contribution in [3.8, 4) is 0 Å². The van der Waals surface area contributed by atoms with E-state index in [4.69, 9.17) is 0 Å². The quantitative estimate of drug-likeness (QED) is 0.630. The Balaban J connectivity index is 1.12. The topological polar surface area (TPSA) is 78.4 Å². The first-order chi connectivity index (χ1) is 16.7. The molecule has 5 rings (SSSR count). The van der Waals surface area contributed by atoms with E-state index in [2.05, 4.69) is 32.5 Å². The van der Waals surface area contributed by atoms with Crippen molar-refractivity contribution in [1.29, 1.82) is 0 Å². The highest BCUT2D eigenvalue weighted by molar-refractivity contribution is 5.94. The summed E-state index contributed by atoms with van der Waals surface area (Å²) < 4.78 is 0. The fraction of sp³-hybridized carbons (Fsp3) is 0.333. The molecule has 0 aliphatic carbocycles. The lowest BCUT2D eigenvalue weighted by molar-refractivity contribution is -0.119. The minimum absolute atomic E-state index is 0.0480. The van der Waals surface area contributed by atoms with Crippen LogP contribution in [0, 0.1) is 5.92 Å². The first kappa shape index (κ1) is 22.1. The van der Waals surface area contributed by atoms with Gasteiger partial charge in [0.15, 0.2) is 5.82 Å². The second-order valence-corrected chi connectivity index (χ2v) is 9.06. The molecule has 7 nitrogen and oxygen atoms in total. The molecule has 34 heavy (non-hydrogen) atoms. The monoisotopic (exact) mass is 455 g/mol. The number of amides is 2. The lowest BCUT2D eigenvalue weighted by Gasteiger charge is -2.32. The van der Waals surface area contributed by atoms with Crippen molar-refractivity contribution >= 4 is 23.3 Å². The number of nitrogens with zero attached hydrogens (tertiary/aromatic N) is 4. The van der Waals surface area contributed by atoms with Gasteiger partial charge in [-0.1, -0.05) is 30.3 Å². The number of hydrogen-bond donors (Lipinski definition) is 1. The van der Waals surface area contributed by atoms with Crippen LogP contribution in [0.3, 0.4) is 0 Å². The van der Waals surface area contributed by atoms with Crippen LogP contribution in [0.4, 0.5) is 11.5 Å². The van der Waals surface area contributed by atoms with Gasteiger partial charge in [0.1, 0.15) is 0 Å². The van der Waals surface area contributed by atoms with Crippen molar-refractivity contribution in [3.05, 3.63) is 84.1 Å². The van der Waals surface area contributed by atoms with E-state index in [-0.39, 0.29) is 17.7 Å². The van der Waals surface area contributed by atoms with Crippen LogP contribution < -0.4 is 10.2 Å². The van der Waals surface area contributed by atoms with Crippen LogP contribution in [0.2, 0.25) is 0 Å². The maximum Gasteiger partial charge on any atom is 0.253 e. The number of anilines is 2. The van der Waals surface area contributed by atoms with Crippen molar-refractivity contribution in [2.45, 2.75) is 25.2 Å². The number of likely N-dealkylation sites (tertiary alicyclic amines) is 1. The Kier molecular flexibility index (Phi) is 6.51. The summed E-state index contributed by atoms with van der Waals surface area (Å²) in [7, 11) is 0. The molecule has 2 saturated heterocycles. The maximum absolute atomic E-state index is 12.8. The predicted molar refractivity (Wildman–Crippen MR) is 132 cm³/mol. The van der Waals surface area contributed by atoms with Gasteiger partial charge in [0, 0.05) is 43.6 Å². The number of carbonyl (C=O) groups excluding carboxylic acids is 2. The number of carbonyl (C=O) groups is 2. The van der Waals surface area contributed by atoms with E-state index in [0.29, 0.717) is 12.5 Å². The predicted octanol–water partition coefficient (Wildman–Crippen LogP) is 3.96. The molecular formula is C27H29N5O2. The van der Waals surface area contributed by atoms with Crippen molar-refractivity contribution in [3.63, 3.8) is 0 Å². The van der Waals surface area contributed by atoms with E-state index in [1.165, 1.54) is 5.56 Å². The zero-order valence-electron chi connectivity index (χ0n) is 19.1. The summed E-state index contributed by atoms with van der Waals surface area (Å²) >= 11 is 0. The molecule has 7 heteroatoms. The smallest absolute Gasteiger partial charge is 0.253 e. The lowest BCUT2D eigenvalue weighted by Crippen LogP contribution is -2.37. The Hall–Kier alpha value is -3.74. The SMILES string of the molecule is O=C(Nc1ccc(C2CCN(C(=O)c3ccccc3)CC2)cc1)[C@@H]1CCN(c2cccnn2)C1. The third-order valence-electron chi connectivity index (χ3n) is 6.89. The fourth-order valence-corrected chi connectivity index (χ4v) is 4.91. The summed E-state index contributed by atoms with van der Waals surface area (Å²) in [6.45, 7) is 2.99. The van der Waals surface area contributed by atoms with Crippen LogP contribution in [0.5, 0.6) is 0 Å². The molecule has 2 aliphatic rings. The fourth-order valence-electron chi connectivity index (χ4n) is 4.91. The minimum Gasteiger partial charge on any atom is -0.354 e. The minimum atomic E-state index is -0.0619. The van der Waals surface area contributed by atoms with Crippen LogP contribution in [0.1, 0.15) is 41.1 Å². The van der Waals surface area contributed by atoms with Crippen LogP contribution in [-0.4, -0.2) is 53.1 Å². The number of aromatic nitrogens is 2. The molecular weight excluding hydrogens is 426 g/mol. The first-order valence-corrected chi connectivity index (χ1v) is 11.9. The van der Waals surface area contributed by atoms with Gasteiger partial charge in [-0.25, -0.2) is 0 Å². The number of nitrogens with one attached hydrogen (secondary N) is 1. The highest BCUT2D eigenvalue weighted by Gasteiger charge is 2.29. The van der Waals surface area contributed by atoms with Crippen molar-refractivity contribution in [1.82, 2.24) is 15.1 Å². The molecule has 2 aliphatic heterocycles. The molecule has 0 saturated carbocycles. The van der Waals surface area contributed by atoms with Crippen LogP contribution in [0.15, 0.2) is 72.9 Å². The lowest BCUT2D eigenvalue weighted by atomic mass is 9.89. The molecule has 0 bridgehead atoms. The van der Waals surface area contributed by atoms with Gasteiger partial charge < -0.3 is 15.1 Å². The molecule has 3 heterocycles. The number of piperidine rings is 1. The summed E-state index contributed by atoms with van der Waals surface area (Å²) in [5, 5.41) is 11.1. The first-order valence-electron chi connectivity index (χ1n) is 11.9. The maximum atomic E-state index is 12.8. The van der Waals surface area contributed by atoms with Crippen molar-refractivity contribution < 1.29 is 9.59 Å². The van der Waals surface area contributed by atoms with E-state index >= 15 is 0 Å². The van der Waals surface area contributed by atoms with E-state index in [0.717, 1.165) is 56.0 Å². The largest absolute Gasteiger partial charge is 0.354 e. The van der Waals surface area contributed by atoms with Crippen LogP contribution in [-0.2, 0) is 4.79 Å². The Bertz CT molecular complexity index is 1110. The second-order valence-electron chi connectivity index (χ2n) is 9.06. The van der Waals surface area contributed by atoms with E-state index in [9.17, 15) is 9.59 Å². The Labute approximate surface area is 199 Å². The highest BCUT2D eigenvalue weighted by Crippen LogP contribution is 2.30. The zero-order valence-corrected chi connectivity index (χ0v) is 19.1. The summed E-state index contributed by atoms with van der Waals surface area (Å²) in [6.07, 6.45) is 4.36. The van der Waals surface area contributed by atoms with E-state index in [1.807, 2.05) is 59.5 Å². The molecule has 0 radical (unpaired) electrons. The second kappa shape index (κ2) is 10.0. The highest BCUT2D eigenvalue weighted by atomic mass is 16.2. The molecule has 2 amide bonds. The summed E-state index contributed by atoms with van der Waals surface area (Å²) in [5.41, 5.74) is 2.84. The zero-order chi connectivity index (χ0) is 23.3. The Morgan fingerprint density at radius 1 is 0.853 bits per heavy atom. The number of hydrogen-bond acceptors (Lipinski definition) is 5. The summed E-state index contributed by atoms with van der Waals surface area (Å²) in [4.78, 5) is 29.5. The van der Waals surface area contributed by atoms with Crippen molar-refractivity contribution in [2.24, 2.45) is 5.92 Å². The average Bonchev–Trinajstić information content (AvgIpc) is 3.41. The normalized spacial score (nSPS) is 18.6. The molecule has 1 atom stereocenters. The Morgan fingerprint density at radius 3 is 2.32 bits per heavy atom. The van der Waals surface area contributed by atoms with Gasteiger partial charge in [-0.2, -0.15) is 5.10 Å². The van der Waals surface area contributed by atoms with E-state index < -0.39 is 0 Å². The van der Waals surface area contributed by atoms with Gasteiger partial charge in [-0.3, -0.25) is 9.59 Å². The van der Waals surface area contributed by atoms with Gasteiger partial charge >= 0.3 is 0 Å². The van der Waals surface area contributed by atoms with Gasteiger partial charge in [-0.05, 0) is 67.1 Å². The Morgan fingerprint density at radius 2 is 1.62 bits per heavy atom. The van der Waals surface area contributed by atoms with Crippen LogP contribution in [0.25, 0.3) is 0 Å². The number of rotatable bonds is 5. The third-order valence-corrected chi connectivity index (χ3v) is 6.89. The van der Waals surface area contributed by atoms with Gasteiger partial charge in [-0.15, -0.1) is 5.10 Å².